The molecule has 1 saturated carbocycles. The summed E-state index contributed by atoms with van der Waals surface area (Å²) in [5.74, 6) is 1.67. The highest BCUT2D eigenvalue weighted by molar-refractivity contribution is 5.55. The molecule has 2 atom stereocenters. The second kappa shape index (κ2) is 10.2. The number of likely N-dealkylation sites (tertiary alicyclic amines) is 1. The molecule has 2 fully saturated rings. The number of hydrogen-bond acceptors (Lipinski definition) is 7. The average Bonchev–Trinajstić information content (AvgIpc) is 2.98. The minimum atomic E-state index is -0.759. The van der Waals surface area contributed by atoms with Gasteiger partial charge in [0.1, 0.15) is 6.17 Å². The molecule has 0 radical (unpaired) electrons. The summed E-state index contributed by atoms with van der Waals surface area (Å²) in [5, 5.41) is 6.70. The van der Waals surface area contributed by atoms with Crippen LogP contribution in [0.3, 0.4) is 0 Å². The highest BCUT2D eigenvalue weighted by atomic mass is 19.1. The lowest BCUT2D eigenvalue weighted by Gasteiger charge is -2.35. The molecule has 0 amide bonds. The van der Waals surface area contributed by atoms with Gasteiger partial charge < -0.3 is 20.4 Å². The topological polar surface area (TPSA) is 69.2 Å². The van der Waals surface area contributed by atoms with Crippen LogP contribution in [0.25, 0.3) is 0 Å². The molecule has 31 heavy (non-hydrogen) atoms. The van der Waals surface area contributed by atoms with E-state index in [0.29, 0.717) is 36.7 Å². The van der Waals surface area contributed by atoms with Gasteiger partial charge in [-0.2, -0.15) is 15.0 Å². The lowest BCUT2D eigenvalue weighted by atomic mass is 10.0. The summed E-state index contributed by atoms with van der Waals surface area (Å²) in [5.41, 5.74) is 0.922. The maximum absolute atomic E-state index is 14.1. The molecule has 1 saturated heterocycles. The van der Waals surface area contributed by atoms with Crippen molar-refractivity contribution in [3.63, 3.8) is 0 Å². The molecule has 168 valence electrons. The van der Waals surface area contributed by atoms with Crippen molar-refractivity contribution in [3.8, 4) is 0 Å². The second-order valence-electron chi connectivity index (χ2n) is 8.88. The summed E-state index contributed by atoms with van der Waals surface area (Å²) >= 11 is 0. The van der Waals surface area contributed by atoms with E-state index in [2.05, 4.69) is 39.5 Å². The fraction of sp³-hybridized carbons (Fsp3) is 0.609. The van der Waals surface area contributed by atoms with E-state index in [0.717, 1.165) is 50.9 Å². The zero-order valence-corrected chi connectivity index (χ0v) is 18.6. The summed E-state index contributed by atoms with van der Waals surface area (Å²) < 4.78 is 14.1. The minimum Gasteiger partial charge on any atom is -0.351 e. The Morgan fingerprint density at radius 3 is 2.45 bits per heavy atom. The third-order valence-corrected chi connectivity index (χ3v) is 6.40. The first kappa shape index (κ1) is 21.7. The maximum Gasteiger partial charge on any atom is 0.233 e. The number of aromatic nitrogens is 3. The predicted molar refractivity (Wildman–Crippen MR) is 124 cm³/mol. The fourth-order valence-electron chi connectivity index (χ4n) is 4.45. The van der Waals surface area contributed by atoms with E-state index in [4.69, 9.17) is 9.97 Å². The molecular formula is C23H34FN7. The summed E-state index contributed by atoms with van der Waals surface area (Å²) in [6.07, 6.45) is 5.47. The number of nitrogens with one attached hydrogen (secondary N) is 2. The van der Waals surface area contributed by atoms with Crippen molar-refractivity contribution in [1.82, 2.24) is 19.9 Å². The van der Waals surface area contributed by atoms with E-state index >= 15 is 0 Å². The van der Waals surface area contributed by atoms with Gasteiger partial charge in [-0.05, 0) is 64.4 Å². The van der Waals surface area contributed by atoms with Crippen LogP contribution in [0.2, 0.25) is 0 Å². The Labute approximate surface area is 184 Å². The Hall–Kier alpha value is -2.48. The molecule has 2 heterocycles. The number of nitrogens with zero attached hydrogens (tertiary/aromatic N) is 5. The number of piperidine rings is 1. The number of halogens is 1. The van der Waals surface area contributed by atoms with Crippen molar-refractivity contribution in [1.29, 1.82) is 0 Å². The Kier molecular flexibility index (Phi) is 7.17. The molecule has 1 aliphatic carbocycles. The smallest absolute Gasteiger partial charge is 0.233 e. The van der Waals surface area contributed by atoms with Crippen LogP contribution in [-0.2, 0) is 0 Å². The van der Waals surface area contributed by atoms with Crippen LogP contribution in [0.5, 0.6) is 0 Å². The summed E-state index contributed by atoms with van der Waals surface area (Å²) in [6, 6.07) is 10.3. The number of alkyl halides is 1. The third kappa shape index (κ3) is 6.03. The quantitative estimate of drug-likeness (QED) is 0.669. The van der Waals surface area contributed by atoms with Gasteiger partial charge in [0.25, 0.3) is 0 Å². The summed E-state index contributed by atoms with van der Waals surface area (Å²) in [6.45, 7) is 2.14. The Balaban J connectivity index is 1.57. The molecule has 4 rings (SSSR count). The third-order valence-electron chi connectivity index (χ3n) is 6.40. The average molecular weight is 428 g/mol. The Morgan fingerprint density at radius 2 is 1.68 bits per heavy atom. The minimum absolute atomic E-state index is 0.0472. The van der Waals surface area contributed by atoms with Gasteiger partial charge in [-0.3, -0.25) is 0 Å². The standard InChI is InChI=1S/C23H34FN7/c1-30-14-12-20(13-15-30)31(2)23-28-21(25-18-9-4-3-5-10-18)27-22(29-23)26-19-11-7-6-8-17(24)16-19/h3-5,9-10,17,19-20H,6-8,11-16H2,1-2H3,(H2,25,26,27,28,29). The van der Waals surface area contributed by atoms with E-state index in [1.54, 1.807) is 0 Å². The molecule has 7 nitrogen and oxygen atoms in total. The molecule has 2 aromatic rings. The van der Waals surface area contributed by atoms with Crippen molar-refractivity contribution in [3.05, 3.63) is 30.3 Å². The largest absolute Gasteiger partial charge is 0.351 e. The van der Waals surface area contributed by atoms with E-state index in [-0.39, 0.29) is 6.04 Å². The number of para-hydroxylation sites is 1. The monoisotopic (exact) mass is 427 g/mol. The summed E-state index contributed by atoms with van der Waals surface area (Å²) in [7, 11) is 4.22. The van der Waals surface area contributed by atoms with Crippen LogP contribution < -0.4 is 15.5 Å². The van der Waals surface area contributed by atoms with Crippen LogP contribution in [0.1, 0.15) is 44.9 Å². The van der Waals surface area contributed by atoms with Gasteiger partial charge in [0.2, 0.25) is 17.8 Å². The van der Waals surface area contributed by atoms with E-state index in [1.165, 1.54) is 0 Å². The van der Waals surface area contributed by atoms with Crippen molar-refractivity contribution in [2.45, 2.75) is 63.2 Å². The molecular weight excluding hydrogens is 393 g/mol. The Morgan fingerprint density at radius 1 is 0.968 bits per heavy atom. The molecule has 2 unspecified atom stereocenters. The number of benzene rings is 1. The molecule has 1 aliphatic heterocycles. The van der Waals surface area contributed by atoms with Crippen LogP contribution in [0, 0.1) is 0 Å². The molecule has 0 spiro atoms. The summed E-state index contributed by atoms with van der Waals surface area (Å²) in [4.78, 5) is 18.6. The van der Waals surface area contributed by atoms with Crippen LogP contribution in [0.4, 0.5) is 27.9 Å². The Bertz CT molecular complexity index is 826. The SMILES string of the molecule is CN1CCC(N(C)c2nc(Nc3ccccc3)nc(NC3CCCCC(F)C3)n2)CC1. The zero-order chi connectivity index (χ0) is 21.6. The molecule has 1 aromatic carbocycles. The highest BCUT2D eigenvalue weighted by Gasteiger charge is 2.25. The van der Waals surface area contributed by atoms with Crippen molar-refractivity contribution in [2.75, 3.05) is 42.7 Å². The molecule has 1 aromatic heterocycles. The molecule has 8 heteroatoms. The lowest BCUT2D eigenvalue weighted by molar-refractivity contribution is 0.252. The van der Waals surface area contributed by atoms with Crippen LogP contribution >= 0.6 is 0 Å². The van der Waals surface area contributed by atoms with Gasteiger partial charge in [0.15, 0.2) is 0 Å². The zero-order valence-electron chi connectivity index (χ0n) is 18.6. The lowest BCUT2D eigenvalue weighted by Crippen LogP contribution is -2.42. The van der Waals surface area contributed by atoms with E-state index < -0.39 is 6.17 Å². The van der Waals surface area contributed by atoms with Gasteiger partial charge in [-0.1, -0.05) is 31.0 Å². The first-order valence-corrected chi connectivity index (χ1v) is 11.5. The van der Waals surface area contributed by atoms with E-state index in [9.17, 15) is 4.39 Å². The number of anilines is 4. The van der Waals surface area contributed by atoms with Crippen molar-refractivity contribution >= 4 is 23.5 Å². The first-order chi connectivity index (χ1) is 15.1. The molecule has 2 N–H and O–H groups in total. The highest BCUT2D eigenvalue weighted by Crippen LogP contribution is 2.25. The van der Waals surface area contributed by atoms with Gasteiger partial charge >= 0.3 is 0 Å². The van der Waals surface area contributed by atoms with Crippen molar-refractivity contribution in [2.24, 2.45) is 0 Å². The number of rotatable bonds is 6. The van der Waals surface area contributed by atoms with Gasteiger partial charge in [-0.25, -0.2) is 4.39 Å². The van der Waals surface area contributed by atoms with Gasteiger partial charge in [-0.15, -0.1) is 0 Å². The molecule has 0 bridgehead atoms. The number of hydrogen-bond donors (Lipinski definition) is 2. The maximum atomic E-state index is 14.1. The van der Waals surface area contributed by atoms with Crippen LogP contribution in [-0.4, -0.2) is 65.3 Å². The second-order valence-corrected chi connectivity index (χ2v) is 8.88. The molecule has 2 aliphatic rings. The van der Waals surface area contributed by atoms with Gasteiger partial charge in [0.05, 0.1) is 0 Å². The fourth-order valence-corrected chi connectivity index (χ4v) is 4.45. The predicted octanol–water partition coefficient (Wildman–Crippen LogP) is 4.23. The van der Waals surface area contributed by atoms with E-state index in [1.807, 2.05) is 30.3 Å². The van der Waals surface area contributed by atoms with Crippen molar-refractivity contribution < 1.29 is 4.39 Å². The van der Waals surface area contributed by atoms with Crippen LogP contribution in [0.15, 0.2) is 30.3 Å². The van der Waals surface area contributed by atoms with Gasteiger partial charge in [0, 0.05) is 24.8 Å². The normalized spacial score (nSPS) is 23.2. The first-order valence-electron chi connectivity index (χ1n) is 11.5.